The Balaban J connectivity index is 1.53. The van der Waals surface area contributed by atoms with Crippen molar-refractivity contribution >= 4 is 17.8 Å². The smallest absolute Gasteiger partial charge is 0.331 e. The number of carbonyl (C=O) groups excluding carboxylic acids is 2. The molecule has 0 saturated carbocycles. The molecule has 8 heteroatoms. The fourth-order valence-corrected chi connectivity index (χ4v) is 2.68. The minimum absolute atomic E-state index is 0.305. The van der Waals surface area contributed by atoms with E-state index < -0.39 is 12.6 Å². The van der Waals surface area contributed by atoms with Crippen LogP contribution < -0.4 is 9.47 Å². The van der Waals surface area contributed by atoms with Crippen LogP contribution in [0, 0.1) is 0 Å². The molecule has 3 aromatic rings. The van der Waals surface area contributed by atoms with Crippen molar-refractivity contribution in [2.45, 2.75) is 6.54 Å². The van der Waals surface area contributed by atoms with Gasteiger partial charge in [-0.3, -0.25) is 4.79 Å². The molecule has 0 aliphatic heterocycles. The molecular formula is C22H21N3O5. The van der Waals surface area contributed by atoms with Gasteiger partial charge in [-0.05, 0) is 23.8 Å². The molecule has 8 nitrogen and oxygen atoms in total. The minimum atomic E-state index is -0.659. The zero-order valence-corrected chi connectivity index (χ0v) is 16.6. The Morgan fingerprint density at radius 3 is 2.60 bits per heavy atom. The van der Waals surface area contributed by atoms with Gasteiger partial charge >= 0.3 is 5.97 Å². The van der Waals surface area contributed by atoms with Crippen molar-refractivity contribution in [3.05, 3.63) is 77.6 Å². The molecule has 0 saturated heterocycles. The molecule has 3 rings (SSSR count). The highest BCUT2D eigenvalue weighted by Gasteiger charge is 2.15. The highest BCUT2D eigenvalue weighted by molar-refractivity contribution is 6.01. The van der Waals surface area contributed by atoms with Gasteiger partial charge in [0.25, 0.3) is 0 Å². The van der Waals surface area contributed by atoms with Gasteiger partial charge in [-0.1, -0.05) is 35.5 Å². The third-order valence-corrected chi connectivity index (χ3v) is 4.19. The first-order chi connectivity index (χ1) is 14.6. The van der Waals surface area contributed by atoms with E-state index in [1.54, 1.807) is 29.1 Å². The Morgan fingerprint density at radius 1 is 1.07 bits per heavy atom. The van der Waals surface area contributed by atoms with Gasteiger partial charge in [-0.15, -0.1) is 5.10 Å². The van der Waals surface area contributed by atoms with E-state index >= 15 is 0 Å². The van der Waals surface area contributed by atoms with Crippen molar-refractivity contribution in [2.24, 2.45) is 0 Å². The van der Waals surface area contributed by atoms with Crippen LogP contribution in [0.5, 0.6) is 11.5 Å². The van der Waals surface area contributed by atoms with Crippen LogP contribution in [0.25, 0.3) is 6.08 Å². The standard InChI is InChI=1S/C22H21N3O5/c1-28-18-9-10-19(21(12-18)29-2)20(26)15-30-22(27)11-8-17-14-25(24-23-17)13-16-6-4-3-5-7-16/h3-12,14H,13,15H2,1-2H3/b11-8+. The number of benzene rings is 2. The van der Waals surface area contributed by atoms with E-state index in [1.807, 2.05) is 30.3 Å². The number of ether oxygens (including phenoxy) is 3. The summed E-state index contributed by atoms with van der Waals surface area (Å²) >= 11 is 0. The fraction of sp³-hybridized carbons (Fsp3) is 0.182. The summed E-state index contributed by atoms with van der Waals surface area (Å²) in [7, 11) is 2.97. The molecule has 0 N–H and O–H groups in total. The molecule has 154 valence electrons. The molecule has 0 unspecified atom stereocenters. The lowest BCUT2D eigenvalue weighted by molar-refractivity contribution is -0.136. The van der Waals surface area contributed by atoms with Crippen LogP contribution in [-0.4, -0.2) is 47.6 Å². The Hall–Kier alpha value is -3.94. The third kappa shape index (κ3) is 5.54. The normalized spacial score (nSPS) is 10.7. The van der Waals surface area contributed by atoms with Gasteiger partial charge in [0.15, 0.2) is 6.61 Å². The van der Waals surface area contributed by atoms with Crippen molar-refractivity contribution in [1.82, 2.24) is 15.0 Å². The Bertz CT molecular complexity index is 1040. The lowest BCUT2D eigenvalue weighted by atomic mass is 10.1. The van der Waals surface area contributed by atoms with Crippen LogP contribution in [0.4, 0.5) is 0 Å². The second-order valence-electron chi connectivity index (χ2n) is 6.26. The molecule has 30 heavy (non-hydrogen) atoms. The Kier molecular flexibility index (Phi) is 6.94. The average Bonchev–Trinajstić information content (AvgIpc) is 3.23. The summed E-state index contributed by atoms with van der Waals surface area (Å²) < 4.78 is 17.0. The number of methoxy groups -OCH3 is 2. The van der Waals surface area contributed by atoms with Crippen LogP contribution in [0.3, 0.4) is 0 Å². The van der Waals surface area contributed by atoms with Crippen LogP contribution in [0.2, 0.25) is 0 Å². The SMILES string of the molecule is COc1ccc(C(=O)COC(=O)/C=C/c2cn(Cc3ccccc3)nn2)c(OC)c1. The van der Waals surface area contributed by atoms with Crippen molar-refractivity contribution in [1.29, 1.82) is 0 Å². The van der Waals surface area contributed by atoms with Crippen molar-refractivity contribution in [2.75, 3.05) is 20.8 Å². The van der Waals surface area contributed by atoms with E-state index in [1.165, 1.54) is 26.4 Å². The van der Waals surface area contributed by atoms with Gasteiger partial charge in [0.1, 0.15) is 17.2 Å². The molecule has 0 radical (unpaired) electrons. The van der Waals surface area contributed by atoms with Gasteiger partial charge in [-0.2, -0.15) is 0 Å². The van der Waals surface area contributed by atoms with Gasteiger partial charge in [0.05, 0.1) is 32.5 Å². The lowest BCUT2D eigenvalue weighted by Crippen LogP contribution is -2.13. The van der Waals surface area contributed by atoms with E-state index in [0.29, 0.717) is 29.3 Å². The van der Waals surface area contributed by atoms with E-state index in [4.69, 9.17) is 14.2 Å². The van der Waals surface area contributed by atoms with Crippen molar-refractivity contribution in [3.63, 3.8) is 0 Å². The average molecular weight is 407 g/mol. The van der Waals surface area contributed by atoms with E-state index in [0.717, 1.165) is 5.56 Å². The summed E-state index contributed by atoms with van der Waals surface area (Å²) in [5.41, 5.74) is 1.90. The highest BCUT2D eigenvalue weighted by Crippen LogP contribution is 2.25. The quantitative estimate of drug-likeness (QED) is 0.306. The Morgan fingerprint density at radius 2 is 1.87 bits per heavy atom. The summed E-state index contributed by atoms with van der Waals surface area (Å²) in [4.78, 5) is 24.3. The third-order valence-electron chi connectivity index (χ3n) is 4.19. The molecule has 2 aromatic carbocycles. The van der Waals surface area contributed by atoms with Gasteiger partial charge in [-0.25, -0.2) is 9.48 Å². The van der Waals surface area contributed by atoms with E-state index in [9.17, 15) is 9.59 Å². The molecule has 0 bridgehead atoms. The second kappa shape index (κ2) is 10.0. The number of nitrogens with zero attached hydrogens (tertiary/aromatic N) is 3. The summed E-state index contributed by atoms with van der Waals surface area (Å²) in [5, 5.41) is 8.01. The van der Waals surface area contributed by atoms with Gasteiger partial charge < -0.3 is 14.2 Å². The van der Waals surface area contributed by atoms with Crippen molar-refractivity contribution in [3.8, 4) is 11.5 Å². The Labute approximate surface area is 173 Å². The summed E-state index contributed by atoms with van der Waals surface area (Å²) in [6.45, 7) is 0.164. The van der Waals surface area contributed by atoms with Crippen LogP contribution in [-0.2, 0) is 16.1 Å². The fourth-order valence-electron chi connectivity index (χ4n) is 2.68. The first-order valence-electron chi connectivity index (χ1n) is 9.13. The molecular weight excluding hydrogens is 386 g/mol. The van der Waals surface area contributed by atoms with Crippen LogP contribution in [0.15, 0.2) is 60.8 Å². The zero-order chi connectivity index (χ0) is 21.3. The summed E-state index contributed by atoms with van der Waals surface area (Å²) in [6, 6.07) is 14.6. The maximum Gasteiger partial charge on any atom is 0.331 e. The number of esters is 1. The van der Waals surface area contributed by atoms with E-state index in [-0.39, 0.29) is 5.78 Å². The summed E-state index contributed by atoms with van der Waals surface area (Å²) in [6.07, 6.45) is 4.40. The van der Waals surface area contributed by atoms with Crippen LogP contribution >= 0.6 is 0 Å². The number of carbonyl (C=O) groups is 2. The zero-order valence-electron chi connectivity index (χ0n) is 16.6. The highest BCUT2D eigenvalue weighted by atomic mass is 16.5. The summed E-state index contributed by atoms with van der Waals surface area (Å²) in [5.74, 6) is -0.136. The molecule has 0 aliphatic carbocycles. The van der Waals surface area contributed by atoms with E-state index in [2.05, 4.69) is 10.3 Å². The molecule has 1 aromatic heterocycles. The molecule has 0 fully saturated rings. The maximum absolute atomic E-state index is 12.3. The molecule has 0 aliphatic rings. The number of hydrogen-bond donors (Lipinski definition) is 0. The van der Waals surface area contributed by atoms with Gasteiger partial charge in [0, 0.05) is 12.1 Å². The number of Topliss-reactive ketones (excluding diaryl/α,β-unsaturated/α-hetero) is 1. The van der Waals surface area contributed by atoms with Gasteiger partial charge in [0.2, 0.25) is 5.78 Å². The monoisotopic (exact) mass is 407 g/mol. The van der Waals surface area contributed by atoms with Crippen LogP contribution in [0.1, 0.15) is 21.6 Å². The largest absolute Gasteiger partial charge is 0.497 e. The predicted octanol–water partition coefficient (Wildman–Crippen LogP) is 2.78. The molecule has 0 spiro atoms. The lowest BCUT2D eigenvalue weighted by Gasteiger charge is -2.09. The van der Waals surface area contributed by atoms with Crippen molar-refractivity contribution < 1.29 is 23.8 Å². The number of rotatable bonds is 9. The number of aromatic nitrogens is 3. The second-order valence-corrected chi connectivity index (χ2v) is 6.26. The number of hydrogen-bond acceptors (Lipinski definition) is 7. The first kappa shape index (κ1) is 20.8. The maximum atomic E-state index is 12.3. The first-order valence-corrected chi connectivity index (χ1v) is 9.13. The molecule has 0 atom stereocenters. The molecule has 1 heterocycles. The minimum Gasteiger partial charge on any atom is -0.497 e. The molecule has 0 amide bonds. The predicted molar refractivity (Wildman–Crippen MR) is 109 cm³/mol. The number of ketones is 1. The topological polar surface area (TPSA) is 92.5 Å².